The average molecular weight is 234 g/mol. The van der Waals surface area contributed by atoms with Gasteiger partial charge in [-0.1, -0.05) is 0 Å². The summed E-state index contributed by atoms with van der Waals surface area (Å²) in [5.74, 6) is -0.576. The van der Waals surface area contributed by atoms with Gasteiger partial charge in [0, 0.05) is 11.8 Å². The fourth-order valence-electron chi connectivity index (χ4n) is 1.38. The van der Waals surface area contributed by atoms with Crippen molar-refractivity contribution in [3.8, 4) is 6.07 Å². The second-order valence-corrected chi connectivity index (χ2v) is 3.39. The molecule has 86 valence electrons. The Balaban J connectivity index is 2.04. The summed E-state index contributed by atoms with van der Waals surface area (Å²) in [7, 11) is 0. The number of rotatable bonds is 3. The smallest absolute Gasteiger partial charge is 0.203 e. The monoisotopic (exact) mass is 234 g/mol. The fourth-order valence-corrected chi connectivity index (χ4v) is 1.38. The zero-order valence-electron chi connectivity index (χ0n) is 8.71. The minimum atomic E-state index is -0.648. The summed E-state index contributed by atoms with van der Waals surface area (Å²) in [5, 5.41) is 11.3. The third kappa shape index (κ3) is 2.82. The molecule has 0 aliphatic carbocycles. The van der Waals surface area contributed by atoms with Crippen molar-refractivity contribution in [2.75, 3.05) is 5.32 Å². The van der Waals surface area contributed by atoms with Gasteiger partial charge in [-0.25, -0.2) is 8.78 Å². The maximum absolute atomic E-state index is 12.9. The van der Waals surface area contributed by atoms with Crippen LogP contribution in [-0.4, -0.2) is 0 Å². The molecule has 5 heteroatoms. The van der Waals surface area contributed by atoms with E-state index in [0.29, 0.717) is 11.4 Å². The second-order valence-electron chi connectivity index (χ2n) is 3.39. The zero-order chi connectivity index (χ0) is 12.3. The highest BCUT2D eigenvalue weighted by Gasteiger charge is 2.03. The van der Waals surface area contributed by atoms with E-state index in [2.05, 4.69) is 5.32 Å². The summed E-state index contributed by atoms with van der Waals surface area (Å²) in [6.07, 6.45) is 0. The van der Waals surface area contributed by atoms with Crippen LogP contribution in [-0.2, 0) is 6.54 Å². The van der Waals surface area contributed by atoms with Crippen LogP contribution in [0.4, 0.5) is 14.5 Å². The largest absolute Gasteiger partial charge is 0.449 e. The molecule has 1 heterocycles. The van der Waals surface area contributed by atoms with Crippen molar-refractivity contribution in [3.63, 3.8) is 0 Å². The molecule has 2 aromatic rings. The predicted molar refractivity (Wildman–Crippen MR) is 57.1 cm³/mol. The molecule has 1 N–H and O–H groups in total. The van der Waals surface area contributed by atoms with E-state index >= 15 is 0 Å². The van der Waals surface area contributed by atoms with E-state index < -0.39 is 11.6 Å². The molecule has 17 heavy (non-hydrogen) atoms. The summed E-state index contributed by atoms with van der Waals surface area (Å²) < 4.78 is 30.8. The van der Waals surface area contributed by atoms with Crippen LogP contribution in [0.15, 0.2) is 34.7 Å². The normalized spacial score (nSPS) is 9.94. The molecule has 0 saturated carbocycles. The van der Waals surface area contributed by atoms with Crippen molar-refractivity contribution in [1.29, 1.82) is 5.26 Å². The predicted octanol–water partition coefficient (Wildman–Crippen LogP) is 3.04. The number of hydrogen-bond donors (Lipinski definition) is 1. The summed E-state index contributed by atoms with van der Waals surface area (Å²) in [6.45, 7) is 0.255. The van der Waals surface area contributed by atoms with Crippen molar-refractivity contribution in [2.45, 2.75) is 6.54 Å². The average Bonchev–Trinajstić information content (AvgIpc) is 2.73. The molecule has 0 aliphatic rings. The van der Waals surface area contributed by atoms with Crippen LogP contribution in [0.3, 0.4) is 0 Å². The standard InChI is InChI=1S/C12H8F2N2O/c13-8-3-9(14)5-10(4-8)16-7-12-2-1-11(6-15)17-12/h1-5,16H,7H2. The first-order valence-electron chi connectivity index (χ1n) is 4.86. The first kappa shape index (κ1) is 11.1. The molecule has 0 saturated heterocycles. The molecular formula is C12H8F2N2O. The van der Waals surface area contributed by atoms with E-state index in [4.69, 9.17) is 9.68 Å². The molecule has 3 nitrogen and oxygen atoms in total. The Labute approximate surface area is 96.3 Å². The number of benzene rings is 1. The van der Waals surface area contributed by atoms with Gasteiger partial charge in [-0.3, -0.25) is 0 Å². The van der Waals surface area contributed by atoms with Gasteiger partial charge in [-0.2, -0.15) is 5.26 Å². The van der Waals surface area contributed by atoms with Crippen LogP contribution >= 0.6 is 0 Å². The number of nitrogens with zero attached hydrogens (tertiary/aromatic N) is 1. The van der Waals surface area contributed by atoms with Gasteiger partial charge in [0.05, 0.1) is 6.54 Å². The summed E-state index contributed by atoms with van der Waals surface area (Å²) >= 11 is 0. The molecule has 0 bridgehead atoms. The number of anilines is 1. The molecule has 0 atom stereocenters. The lowest BCUT2D eigenvalue weighted by molar-refractivity contribution is 0.505. The molecule has 0 radical (unpaired) electrons. The van der Waals surface area contributed by atoms with Gasteiger partial charge in [0.1, 0.15) is 23.5 Å². The number of nitriles is 1. The van der Waals surface area contributed by atoms with Crippen molar-refractivity contribution in [1.82, 2.24) is 0 Å². The number of furan rings is 1. The Kier molecular flexibility index (Phi) is 3.06. The van der Waals surface area contributed by atoms with Crippen LogP contribution < -0.4 is 5.32 Å². The lowest BCUT2D eigenvalue weighted by Gasteiger charge is -2.04. The fraction of sp³-hybridized carbons (Fsp3) is 0.0833. The molecule has 0 fully saturated rings. The Morgan fingerprint density at radius 1 is 1.18 bits per heavy atom. The Morgan fingerprint density at radius 2 is 1.88 bits per heavy atom. The van der Waals surface area contributed by atoms with E-state index in [9.17, 15) is 8.78 Å². The third-order valence-electron chi connectivity index (χ3n) is 2.10. The van der Waals surface area contributed by atoms with Gasteiger partial charge in [0.15, 0.2) is 0 Å². The summed E-state index contributed by atoms with van der Waals surface area (Å²) in [4.78, 5) is 0. The van der Waals surface area contributed by atoms with Crippen molar-refractivity contribution >= 4 is 5.69 Å². The van der Waals surface area contributed by atoms with Crippen LogP contribution in [0.1, 0.15) is 11.5 Å². The number of nitrogens with one attached hydrogen (secondary N) is 1. The summed E-state index contributed by atoms with van der Waals surface area (Å²) in [5.41, 5.74) is 0.317. The van der Waals surface area contributed by atoms with E-state index in [1.54, 1.807) is 6.07 Å². The maximum Gasteiger partial charge on any atom is 0.203 e. The molecule has 0 spiro atoms. The third-order valence-corrected chi connectivity index (χ3v) is 2.10. The maximum atomic E-state index is 12.9. The van der Waals surface area contributed by atoms with Crippen LogP contribution in [0.25, 0.3) is 0 Å². The van der Waals surface area contributed by atoms with E-state index in [1.807, 2.05) is 6.07 Å². The van der Waals surface area contributed by atoms with Crippen LogP contribution in [0.5, 0.6) is 0 Å². The van der Waals surface area contributed by atoms with Gasteiger partial charge < -0.3 is 9.73 Å². The topological polar surface area (TPSA) is 49.0 Å². The highest BCUT2D eigenvalue weighted by atomic mass is 19.1. The van der Waals surface area contributed by atoms with E-state index in [-0.39, 0.29) is 12.3 Å². The highest BCUT2D eigenvalue weighted by Crippen LogP contribution is 2.15. The first-order chi connectivity index (χ1) is 8.17. The molecular weight excluding hydrogens is 226 g/mol. The molecule has 0 aliphatic heterocycles. The SMILES string of the molecule is N#Cc1ccc(CNc2cc(F)cc(F)c2)o1. The second kappa shape index (κ2) is 4.66. The van der Waals surface area contributed by atoms with Gasteiger partial charge >= 0.3 is 0 Å². The molecule has 0 amide bonds. The quantitative estimate of drug-likeness (QED) is 0.887. The van der Waals surface area contributed by atoms with E-state index in [0.717, 1.165) is 6.07 Å². The summed E-state index contributed by atoms with van der Waals surface area (Å²) in [6, 6.07) is 8.16. The first-order valence-corrected chi connectivity index (χ1v) is 4.86. The molecule has 1 aromatic heterocycles. The van der Waals surface area contributed by atoms with Gasteiger partial charge in [0.25, 0.3) is 0 Å². The van der Waals surface area contributed by atoms with Crippen LogP contribution in [0, 0.1) is 23.0 Å². The molecule has 0 unspecified atom stereocenters. The van der Waals surface area contributed by atoms with Gasteiger partial charge in [-0.05, 0) is 24.3 Å². The molecule has 2 rings (SSSR count). The van der Waals surface area contributed by atoms with Gasteiger partial charge in [0.2, 0.25) is 5.76 Å². The minimum Gasteiger partial charge on any atom is -0.449 e. The lowest BCUT2D eigenvalue weighted by Crippen LogP contribution is -1.99. The zero-order valence-corrected chi connectivity index (χ0v) is 8.71. The van der Waals surface area contributed by atoms with E-state index in [1.165, 1.54) is 18.2 Å². The highest BCUT2D eigenvalue weighted by molar-refractivity contribution is 5.43. The Bertz CT molecular complexity index is 552. The Morgan fingerprint density at radius 3 is 2.47 bits per heavy atom. The number of halogens is 2. The van der Waals surface area contributed by atoms with Gasteiger partial charge in [-0.15, -0.1) is 0 Å². The van der Waals surface area contributed by atoms with Crippen molar-refractivity contribution < 1.29 is 13.2 Å². The lowest BCUT2D eigenvalue weighted by atomic mass is 10.3. The number of hydrogen-bond acceptors (Lipinski definition) is 3. The minimum absolute atomic E-state index is 0.201. The Hall–Kier alpha value is -2.35. The van der Waals surface area contributed by atoms with Crippen LogP contribution in [0.2, 0.25) is 0 Å². The van der Waals surface area contributed by atoms with Crippen molar-refractivity contribution in [3.05, 3.63) is 53.5 Å². The van der Waals surface area contributed by atoms with Crippen molar-refractivity contribution in [2.24, 2.45) is 0 Å². The molecule has 1 aromatic carbocycles.